The lowest BCUT2D eigenvalue weighted by Gasteiger charge is -2.36. The van der Waals surface area contributed by atoms with Crippen molar-refractivity contribution in [2.24, 2.45) is 0 Å². The molecule has 0 aromatic heterocycles. The zero-order valence-corrected chi connectivity index (χ0v) is 20.3. The van der Waals surface area contributed by atoms with Gasteiger partial charge in [0.2, 0.25) is 0 Å². The van der Waals surface area contributed by atoms with Crippen LogP contribution in [0.4, 0.5) is 5.69 Å². The van der Waals surface area contributed by atoms with Crippen LogP contribution in [0, 0.1) is 0 Å². The van der Waals surface area contributed by atoms with Gasteiger partial charge in [-0.05, 0) is 75.9 Å². The first-order chi connectivity index (χ1) is 15.5. The Hall–Kier alpha value is -2.80. The molecule has 0 amide bonds. The Morgan fingerprint density at radius 3 is 1.78 bits per heavy atom. The van der Waals surface area contributed by atoms with Crippen LogP contribution in [0.5, 0.6) is 0 Å². The molecule has 32 heavy (non-hydrogen) atoms. The molecule has 0 aliphatic carbocycles. The third kappa shape index (κ3) is 3.90. The normalized spacial score (nSPS) is 12.4. The quantitative estimate of drug-likeness (QED) is 0.278. The molecule has 0 bridgehead atoms. The Bertz CT molecular complexity index is 1190. The summed E-state index contributed by atoms with van der Waals surface area (Å²) < 4.78 is 0. The summed E-state index contributed by atoms with van der Waals surface area (Å²) in [4.78, 5) is 0. The van der Waals surface area contributed by atoms with E-state index < -0.39 is 0 Å². The molecule has 4 aromatic carbocycles. The van der Waals surface area contributed by atoms with Crippen LogP contribution in [-0.4, -0.2) is 0 Å². The average Bonchev–Trinajstić information content (AvgIpc) is 2.87. The first kappa shape index (κ1) is 22.4. The van der Waals surface area contributed by atoms with Crippen molar-refractivity contribution < 1.29 is 0 Å². The van der Waals surface area contributed by atoms with Gasteiger partial charge in [-0.15, -0.1) is 0 Å². The summed E-state index contributed by atoms with van der Waals surface area (Å²) in [7, 11) is 0. The summed E-state index contributed by atoms with van der Waals surface area (Å²) in [5.41, 5.74) is 4.19. The molecule has 0 heterocycles. The number of benzene rings is 4. The summed E-state index contributed by atoms with van der Waals surface area (Å²) in [6.07, 6.45) is 4.40. The second-order valence-electron chi connectivity index (χ2n) is 9.48. The molecule has 0 saturated heterocycles. The number of rotatable bonds is 8. The first-order valence-corrected chi connectivity index (χ1v) is 12.3. The van der Waals surface area contributed by atoms with Crippen molar-refractivity contribution in [1.29, 1.82) is 0 Å². The maximum Gasteiger partial charge on any atom is 0.0620 e. The monoisotopic (exact) mass is 423 g/mol. The molecule has 0 atom stereocenters. The summed E-state index contributed by atoms with van der Waals surface area (Å²) in [6.45, 7) is 11.6. The van der Waals surface area contributed by atoms with Crippen LogP contribution in [0.25, 0.3) is 21.5 Å². The fourth-order valence-electron chi connectivity index (χ4n) is 5.11. The largest absolute Gasteiger partial charge is 0.376 e. The first-order valence-electron chi connectivity index (χ1n) is 12.3. The van der Waals surface area contributed by atoms with E-state index in [9.17, 15) is 0 Å². The molecule has 1 N–H and O–H groups in total. The van der Waals surface area contributed by atoms with Gasteiger partial charge < -0.3 is 5.32 Å². The minimum Gasteiger partial charge on any atom is -0.376 e. The molecule has 0 saturated carbocycles. The highest BCUT2D eigenvalue weighted by Gasteiger charge is 2.29. The molecule has 4 rings (SSSR count). The van der Waals surface area contributed by atoms with E-state index in [1.54, 1.807) is 0 Å². The molecule has 0 spiro atoms. The Morgan fingerprint density at radius 2 is 1.16 bits per heavy atom. The van der Waals surface area contributed by atoms with Crippen molar-refractivity contribution in [3.05, 3.63) is 90.0 Å². The molecule has 4 aromatic rings. The lowest BCUT2D eigenvalue weighted by atomic mass is 9.76. The summed E-state index contributed by atoms with van der Waals surface area (Å²) >= 11 is 0. The lowest BCUT2D eigenvalue weighted by Crippen LogP contribution is -2.34. The highest BCUT2D eigenvalue weighted by atomic mass is 15.0. The molecule has 0 unspecified atom stereocenters. The number of fused-ring (bicyclic) bond motifs is 3. The van der Waals surface area contributed by atoms with E-state index in [0.29, 0.717) is 0 Å². The second kappa shape index (κ2) is 8.98. The number of nitrogens with one attached hydrogen (secondary N) is 1. The van der Waals surface area contributed by atoms with E-state index in [-0.39, 0.29) is 11.0 Å². The maximum atomic E-state index is 3.95. The fraction of sp³-hybridized carbons (Fsp3) is 0.355. The van der Waals surface area contributed by atoms with E-state index in [0.717, 1.165) is 12.8 Å². The zero-order valence-electron chi connectivity index (χ0n) is 20.3. The Labute approximate surface area is 193 Å². The predicted molar refractivity (Wildman–Crippen MR) is 142 cm³/mol. The molecule has 0 fully saturated rings. The number of anilines is 1. The van der Waals surface area contributed by atoms with E-state index in [1.165, 1.54) is 51.2 Å². The highest BCUT2D eigenvalue weighted by molar-refractivity contribution is 6.08. The van der Waals surface area contributed by atoms with Crippen molar-refractivity contribution in [1.82, 2.24) is 0 Å². The van der Waals surface area contributed by atoms with Crippen molar-refractivity contribution >= 4 is 27.2 Å². The Kier molecular flexibility index (Phi) is 6.29. The fourth-order valence-corrected chi connectivity index (χ4v) is 5.11. The van der Waals surface area contributed by atoms with Crippen molar-refractivity contribution in [3.8, 4) is 0 Å². The van der Waals surface area contributed by atoms with E-state index in [4.69, 9.17) is 0 Å². The van der Waals surface area contributed by atoms with Gasteiger partial charge in [-0.25, -0.2) is 0 Å². The van der Waals surface area contributed by atoms with Crippen LogP contribution < -0.4 is 5.32 Å². The van der Waals surface area contributed by atoms with Gasteiger partial charge in [0.15, 0.2) is 0 Å². The minimum absolute atomic E-state index is 0.0778. The summed E-state index contributed by atoms with van der Waals surface area (Å²) in [5.74, 6) is 0. The third-order valence-corrected chi connectivity index (χ3v) is 8.03. The predicted octanol–water partition coefficient (Wildman–Crippen LogP) is 9.20. The van der Waals surface area contributed by atoms with Gasteiger partial charge in [0.05, 0.1) is 5.54 Å². The van der Waals surface area contributed by atoms with Crippen LogP contribution in [-0.2, 0) is 11.0 Å². The van der Waals surface area contributed by atoms with Gasteiger partial charge in [-0.1, -0.05) is 101 Å². The number of hydrogen-bond acceptors (Lipinski definition) is 1. The number of hydrogen-bond donors (Lipinski definition) is 1. The van der Waals surface area contributed by atoms with Crippen LogP contribution >= 0.6 is 0 Å². The average molecular weight is 424 g/mol. The van der Waals surface area contributed by atoms with Crippen LogP contribution in [0.3, 0.4) is 0 Å². The van der Waals surface area contributed by atoms with Crippen molar-refractivity contribution in [3.63, 3.8) is 0 Å². The molecule has 0 aliphatic rings. The van der Waals surface area contributed by atoms with E-state index in [1.807, 2.05) is 0 Å². The van der Waals surface area contributed by atoms with Crippen molar-refractivity contribution in [2.45, 2.75) is 71.3 Å². The van der Waals surface area contributed by atoms with Gasteiger partial charge in [-0.2, -0.15) is 0 Å². The SMILES string of the molecule is CCC(C)(CC)c1ccc(C(CC)(CC)Nc2ccc3ccc4ccccc4c3c2)cc1. The van der Waals surface area contributed by atoms with Crippen LogP contribution in [0.15, 0.2) is 78.9 Å². The van der Waals surface area contributed by atoms with Crippen LogP contribution in [0.1, 0.15) is 71.4 Å². The standard InChI is InChI=1S/C31H37N/c1-6-30(5,7-2)25-17-19-26(20-18-25)31(8-3,9-4)32-27-21-16-24-15-14-23-12-10-11-13-28(23)29(24)22-27/h10-22,32H,6-9H2,1-5H3. The molecule has 0 radical (unpaired) electrons. The molecule has 1 heteroatoms. The lowest BCUT2D eigenvalue weighted by molar-refractivity contribution is 0.435. The summed E-state index contributed by atoms with van der Waals surface area (Å²) in [6, 6.07) is 29.4. The molecular weight excluding hydrogens is 386 g/mol. The molecule has 166 valence electrons. The Morgan fingerprint density at radius 1 is 0.594 bits per heavy atom. The van der Waals surface area contributed by atoms with Gasteiger partial charge >= 0.3 is 0 Å². The van der Waals surface area contributed by atoms with Crippen LogP contribution in [0.2, 0.25) is 0 Å². The van der Waals surface area contributed by atoms with E-state index >= 15 is 0 Å². The smallest absolute Gasteiger partial charge is 0.0620 e. The van der Waals surface area contributed by atoms with Gasteiger partial charge in [-0.3, -0.25) is 0 Å². The van der Waals surface area contributed by atoms with E-state index in [2.05, 4.69) is 119 Å². The van der Waals surface area contributed by atoms with Gasteiger partial charge in [0.1, 0.15) is 0 Å². The van der Waals surface area contributed by atoms with Crippen molar-refractivity contribution in [2.75, 3.05) is 5.32 Å². The molecule has 1 nitrogen and oxygen atoms in total. The summed E-state index contributed by atoms with van der Waals surface area (Å²) in [5, 5.41) is 9.16. The molecule has 0 aliphatic heterocycles. The molecular formula is C31H37N. The maximum absolute atomic E-state index is 3.95. The topological polar surface area (TPSA) is 12.0 Å². The minimum atomic E-state index is -0.0778. The third-order valence-electron chi connectivity index (χ3n) is 8.03. The van der Waals surface area contributed by atoms with Gasteiger partial charge in [0, 0.05) is 5.69 Å². The Balaban J connectivity index is 1.73. The highest BCUT2D eigenvalue weighted by Crippen LogP contribution is 2.37. The van der Waals surface area contributed by atoms with Gasteiger partial charge in [0.25, 0.3) is 0 Å². The zero-order chi connectivity index (χ0) is 22.8. The second-order valence-corrected chi connectivity index (χ2v) is 9.48.